The number of hydrogen-bond donors (Lipinski definition) is 4. The van der Waals surface area contributed by atoms with Crippen LogP contribution >= 0.6 is 0 Å². The van der Waals surface area contributed by atoms with Gasteiger partial charge in [-0.05, 0) is 51.7 Å². The fraction of sp³-hybridized carbons (Fsp3) is 0.810. The van der Waals surface area contributed by atoms with E-state index in [0.717, 1.165) is 37.0 Å². The number of ether oxygens (including phenoxy) is 1. The highest BCUT2D eigenvalue weighted by molar-refractivity contribution is 5.36. The quantitative estimate of drug-likeness (QED) is 0.338. The van der Waals surface area contributed by atoms with Crippen molar-refractivity contribution < 1.29 is 20.1 Å². The first-order valence-electron chi connectivity index (χ1n) is 11.1. The molecular formula is C21H38N4O5. The van der Waals surface area contributed by atoms with Gasteiger partial charge in [-0.3, -0.25) is 4.57 Å². The van der Waals surface area contributed by atoms with Gasteiger partial charge < -0.3 is 30.7 Å². The van der Waals surface area contributed by atoms with Crippen molar-refractivity contribution in [2.45, 2.75) is 83.3 Å². The van der Waals surface area contributed by atoms with Crippen LogP contribution < -0.4 is 11.4 Å². The Morgan fingerprint density at radius 3 is 2.30 bits per heavy atom. The predicted molar refractivity (Wildman–Crippen MR) is 115 cm³/mol. The van der Waals surface area contributed by atoms with E-state index in [-0.39, 0.29) is 5.82 Å². The number of aromatic nitrogens is 2. The Bertz CT molecular complexity index is 690. The van der Waals surface area contributed by atoms with Crippen molar-refractivity contribution in [3.8, 4) is 0 Å². The number of nitrogens with zero attached hydrogens (tertiary/aromatic N) is 3. The number of unbranched alkanes of at least 4 members (excludes halogenated alkanes) is 3. The summed E-state index contributed by atoms with van der Waals surface area (Å²) in [6, 6.07) is 0. The fourth-order valence-electron chi connectivity index (χ4n) is 3.76. The molecule has 1 aromatic heterocycles. The zero-order chi connectivity index (χ0) is 22.1. The summed E-state index contributed by atoms with van der Waals surface area (Å²) in [4.78, 5) is 18.6. The molecule has 0 radical (unpaired) electrons. The molecule has 0 bridgehead atoms. The molecule has 2 heterocycles. The van der Waals surface area contributed by atoms with Crippen LogP contribution in [0.15, 0.2) is 11.0 Å². The highest BCUT2D eigenvalue weighted by Gasteiger charge is 2.43. The molecule has 0 spiro atoms. The minimum atomic E-state index is -1.33. The molecule has 1 saturated heterocycles. The highest BCUT2D eigenvalue weighted by Crippen LogP contribution is 2.28. The van der Waals surface area contributed by atoms with Crippen molar-refractivity contribution in [3.05, 3.63) is 22.2 Å². The molecule has 0 unspecified atom stereocenters. The topological polar surface area (TPSA) is 134 Å². The van der Waals surface area contributed by atoms with Crippen LogP contribution in [0.3, 0.4) is 0 Å². The molecule has 1 fully saturated rings. The van der Waals surface area contributed by atoms with Crippen LogP contribution in [0.25, 0.3) is 0 Å². The lowest BCUT2D eigenvalue weighted by molar-refractivity contribution is -0.0550. The smallest absolute Gasteiger partial charge is 0.351 e. The van der Waals surface area contributed by atoms with Gasteiger partial charge in [-0.15, -0.1) is 0 Å². The maximum atomic E-state index is 12.3. The number of anilines is 1. The minimum Gasteiger partial charge on any atom is -0.394 e. The van der Waals surface area contributed by atoms with Crippen LogP contribution in [-0.4, -0.2) is 74.3 Å². The Morgan fingerprint density at radius 1 is 1.10 bits per heavy atom. The van der Waals surface area contributed by atoms with E-state index in [4.69, 9.17) is 10.5 Å². The zero-order valence-corrected chi connectivity index (χ0v) is 18.2. The van der Waals surface area contributed by atoms with Crippen LogP contribution in [0.2, 0.25) is 0 Å². The van der Waals surface area contributed by atoms with E-state index in [9.17, 15) is 20.1 Å². The molecule has 1 aliphatic rings. The third kappa shape index (κ3) is 6.49. The third-order valence-electron chi connectivity index (χ3n) is 5.68. The molecule has 5 N–H and O–H groups in total. The van der Waals surface area contributed by atoms with Crippen molar-refractivity contribution in [1.82, 2.24) is 14.5 Å². The van der Waals surface area contributed by atoms with Gasteiger partial charge in [-0.2, -0.15) is 4.98 Å². The van der Waals surface area contributed by atoms with Crippen LogP contribution in [0.5, 0.6) is 0 Å². The van der Waals surface area contributed by atoms with Gasteiger partial charge in [-0.25, -0.2) is 4.79 Å². The first-order chi connectivity index (χ1) is 14.4. The number of aliphatic hydroxyl groups is 3. The Morgan fingerprint density at radius 2 is 1.73 bits per heavy atom. The highest BCUT2D eigenvalue weighted by atomic mass is 16.6. The van der Waals surface area contributed by atoms with E-state index in [1.165, 1.54) is 25.7 Å². The Labute approximate surface area is 178 Å². The Hall–Kier alpha value is -1.52. The average Bonchev–Trinajstić information content (AvgIpc) is 3.02. The summed E-state index contributed by atoms with van der Waals surface area (Å²) in [7, 11) is 0. The van der Waals surface area contributed by atoms with Crippen LogP contribution in [0, 0.1) is 0 Å². The van der Waals surface area contributed by atoms with E-state index in [1.807, 2.05) is 0 Å². The SMILES string of the molecule is CCCCN(CCCC)CCCCc1cn([C@@H]2O[C@H](CO)[C@@H](O)[C@@H]2O)c(=O)nc1N. The van der Waals surface area contributed by atoms with Crippen LogP contribution in [-0.2, 0) is 11.2 Å². The molecular weight excluding hydrogens is 388 g/mol. The molecule has 172 valence electrons. The molecule has 0 amide bonds. The molecule has 0 aliphatic carbocycles. The summed E-state index contributed by atoms with van der Waals surface area (Å²) < 4.78 is 6.61. The summed E-state index contributed by atoms with van der Waals surface area (Å²) in [6.45, 7) is 7.23. The lowest BCUT2D eigenvalue weighted by Gasteiger charge is -2.22. The number of rotatable bonds is 13. The van der Waals surface area contributed by atoms with Crippen molar-refractivity contribution in [2.75, 3.05) is 32.0 Å². The lowest BCUT2D eigenvalue weighted by Crippen LogP contribution is -2.36. The van der Waals surface area contributed by atoms with E-state index < -0.39 is 36.8 Å². The van der Waals surface area contributed by atoms with Gasteiger partial charge in [0, 0.05) is 11.8 Å². The largest absolute Gasteiger partial charge is 0.394 e. The second-order valence-electron chi connectivity index (χ2n) is 8.08. The molecule has 4 atom stereocenters. The Kier molecular flexibility index (Phi) is 10.2. The van der Waals surface area contributed by atoms with E-state index in [2.05, 4.69) is 23.7 Å². The van der Waals surface area contributed by atoms with Gasteiger partial charge in [0.25, 0.3) is 0 Å². The number of nitrogens with two attached hydrogens (primary N) is 1. The molecule has 9 heteroatoms. The summed E-state index contributed by atoms with van der Waals surface area (Å²) in [5.41, 5.74) is 6.00. The summed E-state index contributed by atoms with van der Waals surface area (Å²) in [6.07, 6.45) is 4.25. The average molecular weight is 427 g/mol. The van der Waals surface area contributed by atoms with Crippen LogP contribution in [0.4, 0.5) is 5.82 Å². The summed E-state index contributed by atoms with van der Waals surface area (Å²) in [5, 5.41) is 29.4. The Balaban J connectivity index is 1.98. The van der Waals surface area contributed by atoms with Gasteiger partial charge in [-0.1, -0.05) is 26.7 Å². The maximum absolute atomic E-state index is 12.3. The van der Waals surface area contributed by atoms with Gasteiger partial charge in [0.2, 0.25) is 0 Å². The van der Waals surface area contributed by atoms with Crippen molar-refractivity contribution in [1.29, 1.82) is 0 Å². The third-order valence-corrected chi connectivity index (χ3v) is 5.68. The van der Waals surface area contributed by atoms with E-state index in [1.54, 1.807) is 6.20 Å². The first kappa shape index (κ1) is 24.7. The summed E-state index contributed by atoms with van der Waals surface area (Å²) >= 11 is 0. The number of aliphatic hydroxyl groups excluding tert-OH is 3. The normalized spacial score (nSPS) is 24.1. The standard InChI is InChI=1S/C21H38N4O5/c1-3-5-10-24(11-6-4-2)12-8-7-9-15-13-25(21(29)23-19(15)22)20-18(28)17(27)16(14-26)30-20/h13,16-18,20,26-28H,3-12,14H2,1-2H3,(H2,22,23,29)/t16-,17-,18+,20-/m1/s1. The van der Waals surface area contributed by atoms with E-state index >= 15 is 0 Å². The number of nitrogen functional groups attached to an aromatic ring is 1. The molecule has 0 aromatic carbocycles. The van der Waals surface area contributed by atoms with Crippen molar-refractivity contribution in [3.63, 3.8) is 0 Å². The second kappa shape index (κ2) is 12.4. The van der Waals surface area contributed by atoms with Gasteiger partial charge in [0.15, 0.2) is 6.23 Å². The molecule has 9 nitrogen and oxygen atoms in total. The van der Waals surface area contributed by atoms with E-state index in [0.29, 0.717) is 12.0 Å². The van der Waals surface area contributed by atoms with Crippen molar-refractivity contribution >= 4 is 5.82 Å². The lowest BCUT2D eigenvalue weighted by atomic mass is 10.1. The van der Waals surface area contributed by atoms with Crippen molar-refractivity contribution in [2.24, 2.45) is 0 Å². The molecule has 2 rings (SSSR count). The molecule has 1 aliphatic heterocycles. The minimum absolute atomic E-state index is 0.178. The molecule has 1 aromatic rings. The fourth-order valence-corrected chi connectivity index (χ4v) is 3.76. The maximum Gasteiger partial charge on any atom is 0.351 e. The summed E-state index contributed by atoms with van der Waals surface area (Å²) in [5.74, 6) is 0.178. The van der Waals surface area contributed by atoms with Gasteiger partial charge in [0.05, 0.1) is 6.61 Å². The monoisotopic (exact) mass is 426 g/mol. The first-order valence-corrected chi connectivity index (χ1v) is 11.1. The second-order valence-corrected chi connectivity index (χ2v) is 8.08. The van der Waals surface area contributed by atoms with Gasteiger partial charge in [0.1, 0.15) is 24.1 Å². The number of hydrogen-bond acceptors (Lipinski definition) is 8. The van der Waals surface area contributed by atoms with Crippen LogP contribution in [0.1, 0.15) is 64.2 Å². The zero-order valence-electron chi connectivity index (χ0n) is 18.2. The molecule has 30 heavy (non-hydrogen) atoms. The predicted octanol–water partition coefficient (Wildman–Crippen LogP) is 0.662. The number of aryl methyl sites for hydroxylation is 1. The van der Waals surface area contributed by atoms with Gasteiger partial charge >= 0.3 is 5.69 Å². The molecule has 0 saturated carbocycles.